The van der Waals surface area contributed by atoms with Gasteiger partial charge in [0.15, 0.2) is 0 Å². The molecule has 9 nitrogen and oxygen atoms in total. The van der Waals surface area contributed by atoms with E-state index in [1.807, 2.05) is 43.3 Å². The average molecular weight is 647 g/mol. The Morgan fingerprint density at radius 1 is 0.909 bits per heavy atom. The Hall–Kier alpha value is -2.76. The van der Waals surface area contributed by atoms with Gasteiger partial charge in [-0.15, -0.1) is 0 Å². The second-order valence-electron chi connectivity index (χ2n) is 12.9. The number of hydrogen-bond acceptors (Lipinski definition) is 7. The van der Waals surface area contributed by atoms with Crippen LogP contribution in [0.1, 0.15) is 79.3 Å². The highest BCUT2D eigenvalue weighted by Gasteiger charge is 2.36. The van der Waals surface area contributed by atoms with E-state index >= 15 is 0 Å². The third kappa shape index (κ3) is 9.62. The molecule has 2 aromatic carbocycles. The van der Waals surface area contributed by atoms with Gasteiger partial charge in [-0.05, 0) is 72.9 Å². The number of nitrogens with one attached hydrogen (secondary N) is 1. The number of rotatable bonds is 13. The van der Waals surface area contributed by atoms with Gasteiger partial charge >= 0.3 is 5.97 Å². The number of carboxylic acids is 1. The molecule has 2 N–H and O–H groups in total. The van der Waals surface area contributed by atoms with Crippen LogP contribution in [0.3, 0.4) is 0 Å². The number of aryl methyl sites for hydroxylation is 1. The lowest BCUT2D eigenvalue weighted by molar-refractivity contribution is -0.139. The number of carbonyl (C=O) groups is 2. The lowest BCUT2D eigenvalue weighted by Gasteiger charge is -2.33. The molecule has 1 aliphatic heterocycles. The molecule has 2 aromatic rings. The first-order chi connectivity index (χ1) is 20.7. The maximum atomic E-state index is 13.5. The fraction of sp³-hybridized carbons (Fsp3) is 0.576. The quantitative estimate of drug-likeness (QED) is 0.322. The van der Waals surface area contributed by atoms with Crippen LogP contribution in [0.25, 0.3) is 11.1 Å². The molecule has 1 saturated heterocycles. The molecule has 4 rings (SSSR count). The first-order valence-electron chi connectivity index (χ1n) is 15.5. The zero-order valence-corrected chi connectivity index (χ0v) is 27.6. The summed E-state index contributed by atoms with van der Waals surface area (Å²) in [6.07, 6.45) is 11.2. The lowest BCUT2D eigenvalue weighted by atomic mass is 9.84. The van der Waals surface area contributed by atoms with Crippen molar-refractivity contribution in [2.45, 2.75) is 89.4 Å². The average Bonchev–Trinajstić information content (AvgIpc) is 3.29. The minimum absolute atomic E-state index is 0.0744. The van der Waals surface area contributed by atoms with Crippen LogP contribution in [0.5, 0.6) is 0 Å². The van der Waals surface area contributed by atoms with Crippen molar-refractivity contribution in [1.29, 1.82) is 0 Å². The van der Waals surface area contributed by atoms with E-state index in [1.165, 1.54) is 38.4 Å². The van der Waals surface area contributed by atoms with E-state index in [1.54, 1.807) is 6.07 Å². The van der Waals surface area contributed by atoms with Gasteiger partial charge < -0.3 is 10.4 Å². The number of carboxylic acid groups (broad SMARTS) is 1. The van der Waals surface area contributed by atoms with Crippen molar-refractivity contribution >= 4 is 31.6 Å². The van der Waals surface area contributed by atoms with Gasteiger partial charge in [-0.3, -0.25) is 9.69 Å². The molecule has 3 atom stereocenters. The van der Waals surface area contributed by atoms with Crippen molar-refractivity contribution in [3.63, 3.8) is 0 Å². The summed E-state index contributed by atoms with van der Waals surface area (Å²) in [5.74, 6) is -1.48. The van der Waals surface area contributed by atoms with E-state index in [-0.39, 0.29) is 24.0 Å². The van der Waals surface area contributed by atoms with Gasteiger partial charge in [0, 0.05) is 36.7 Å². The number of nitrogens with zero attached hydrogens (tertiary/aromatic N) is 1. The fourth-order valence-electron chi connectivity index (χ4n) is 6.88. The van der Waals surface area contributed by atoms with Crippen molar-refractivity contribution in [3.05, 3.63) is 59.2 Å². The number of sulfone groups is 2. The number of amides is 1. The molecule has 0 radical (unpaired) electrons. The number of benzene rings is 2. The Balaban J connectivity index is 1.66. The van der Waals surface area contributed by atoms with E-state index in [4.69, 9.17) is 0 Å². The maximum Gasteiger partial charge on any atom is 0.326 e. The third-order valence-electron chi connectivity index (χ3n) is 9.11. The van der Waals surface area contributed by atoms with Gasteiger partial charge in [0.1, 0.15) is 25.7 Å². The van der Waals surface area contributed by atoms with Crippen LogP contribution >= 0.6 is 0 Å². The first kappa shape index (κ1) is 34.1. The summed E-state index contributed by atoms with van der Waals surface area (Å²) in [6.45, 7) is 2.49. The second-order valence-corrected chi connectivity index (χ2v) is 17.3. The minimum Gasteiger partial charge on any atom is -0.480 e. The van der Waals surface area contributed by atoms with Crippen LogP contribution in [-0.2, 0) is 31.0 Å². The Kier molecular flexibility index (Phi) is 11.3. The van der Waals surface area contributed by atoms with E-state index in [0.29, 0.717) is 29.6 Å². The summed E-state index contributed by atoms with van der Waals surface area (Å²) in [4.78, 5) is 27.8. The highest BCUT2D eigenvalue weighted by Crippen LogP contribution is 2.36. The number of likely N-dealkylation sites (tertiary alicyclic amines) is 1. The van der Waals surface area contributed by atoms with E-state index < -0.39 is 37.6 Å². The van der Waals surface area contributed by atoms with Crippen LogP contribution in [0, 0.1) is 12.8 Å². The van der Waals surface area contributed by atoms with E-state index in [2.05, 4.69) is 10.2 Å². The van der Waals surface area contributed by atoms with Crippen LogP contribution < -0.4 is 5.32 Å². The van der Waals surface area contributed by atoms with Crippen molar-refractivity contribution in [2.24, 2.45) is 5.92 Å². The summed E-state index contributed by atoms with van der Waals surface area (Å²) in [5, 5.41) is 12.2. The molecule has 0 aromatic heterocycles. The Morgan fingerprint density at radius 3 is 2.23 bits per heavy atom. The first-order valence-corrected chi connectivity index (χ1v) is 19.7. The molecule has 242 valence electrons. The molecular weight excluding hydrogens is 601 g/mol. The topological polar surface area (TPSA) is 138 Å². The zero-order valence-electron chi connectivity index (χ0n) is 26.0. The molecule has 44 heavy (non-hydrogen) atoms. The SMILES string of the molecule is Cc1ccccc1-c1cc(CN2C(CC3CCCCC3)CC[C@@H]2CS(C)(=O)=O)ccc1C(=O)NC(CCS(C)(=O)=O)C(=O)O. The molecule has 11 heteroatoms. The van der Waals surface area contributed by atoms with Crippen molar-refractivity contribution in [1.82, 2.24) is 10.2 Å². The number of hydrogen-bond donors (Lipinski definition) is 2. The third-order valence-corrected chi connectivity index (χ3v) is 11.1. The summed E-state index contributed by atoms with van der Waals surface area (Å²) < 4.78 is 48.1. The Labute approximate surface area is 262 Å². The smallest absolute Gasteiger partial charge is 0.326 e. The number of aliphatic carboxylic acids is 1. The zero-order chi connectivity index (χ0) is 32.1. The van der Waals surface area contributed by atoms with Crippen LogP contribution in [-0.4, -0.2) is 80.9 Å². The molecule has 1 heterocycles. The summed E-state index contributed by atoms with van der Waals surface area (Å²) in [6, 6.07) is 12.0. The van der Waals surface area contributed by atoms with E-state index in [9.17, 15) is 31.5 Å². The standard InChI is InChI=1S/C33H46N2O7S2/c1-23-9-7-8-12-28(23)30-20-25(13-16-29(30)32(36)34-31(33(37)38)17-18-43(2,39)40)21-35-26(19-24-10-5-4-6-11-24)14-15-27(35)22-44(3,41)42/h7-9,12-13,16,20,24,26-27,31H,4-6,10-11,14-15,17-19,21-22H2,1-3H3,(H,34,36)(H,37,38)/t26?,27-,31?/m1/s1. The highest BCUT2D eigenvalue weighted by molar-refractivity contribution is 7.90. The molecule has 1 amide bonds. The molecule has 2 aliphatic rings. The molecule has 0 spiro atoms. The minimum atomic E-state index is -3.41. The van der Waals surface area contributed by atoms with Gasteiger partial charge in [-0.25, -0.2) is 21.6 Å². The molecular formula is C33H46N2O7S2. The maximum absolute atomic E-state index is 13.5. The normalized spacial score (nSPS) is 20.8. The molecule has 2 fully saturated rings. The van der Waals surface area contributed by atoms with Crippen LogP contribution in [0.4, 0.5) is 0 Å². The molecule has 2 unspecified atom stereocenters. The molecule has 1 saturated carbocycles. The number of carbonyl (C=O) groups excluding carboxylic acids is 1. The van der Waals surface area contributed by atoms with Gasteiger partial charge in [-0.2, -0.15) is 0 Å². The van der Waals surface area contributed by atoms with Crippen LogP contribution in [0.2, 0.25) is 0 Å². The van der Waals surface area contributed by atoms with Crippen molar-refractivity contribution in [3.8, 4) is 11.1 Å². The van der Waals surface area contributed by atoms with Crippen molar-refractivity contribution < 1.29 is 31.5 Å². The van der Waals surface area contributed by atoms with Gasteiger partial charge in [0.2, 0.25) is 0 Å². The van der Waals surface area contributed by atoms with Gasteiger partial charge in [-0.1, -0.05) is 62.4 Å². The molecule has 1 aliphatic carbocycles. The highest BCUT2D eigenvalue weighted by atomic mass is 32.2. The Morgan fingerprint density at radius 2 is 1.59 bits per heavy atom. The predicted molar refractivity (Wildman–Crippen MR) is 173 cm³/mol. The van der Waals surface area contributed by atoms with Crippen LogP contribution in [0.15, 0.2) is 42.5 Å². The summed E-state index contributed by atoms with van der Waals surface area (Å²) in [7, 11) is -6.59. The van der Waals surface area contributed by atoms with Gasteiger partial charge in [0.25, 0.3) is 5.91 Å². The van der Waals surface area contributed by atoms with Crippen molar-refractivity contribution in [2.75, 3.05) is 24.0 Å². The molecule has 0 bridgehead atoms. The van der Waals surface area contributed by atoms with E-state index in [0.717, 1.165) is 42.2 Å². The monoisotopic (exact) mass is 646 g/mol. The fourth-order valence-corrected chi connectivity index (χ4v) is 8.60. The lowest BCUT2D eigenvalue weighted by Crippen LogP contribution is -2.42. The summed E-state index contributed by atoms with van der Waals surface area (Å²) >= 11 is 0. The Bertz CT molecular complexity index is 1550. The predicted octanol–water partition coefficient (Wildman–Crippen LogP) is 4.63. The largest absolute Gasteiger partial charge is 0.480 e. The second kappa shape index (κ2) is 14.6. The summed E-state index contributed by atoms with van der Waals surface area (Å²) in [5.41, 5.74) is 3.66. The van der Waals surface area contributed by atoms with Gasteiger partial charge in [0.05, 0.1) is 11.5 Å².